The topological polar surface area (TPSA) is 95.1 Å². The highest BCUT2D eigenvalue weighted by Gasteiger charge is 2.41. The molecule has 28 heavy (non-hydrogen) atoms. The van der Waals surface area contributed by atoms with E-state index in [0.717, 1.165) is 25.7 Å². The summed E-state index contributed by atoms with van der Waals surface area (Å²) in [7, 11) is -6.71. The van der Waals surface area contributed by atoms with Gasteiger partial charge in [-0.05, 0) is 49.9 Å². The van der Waals surface area contributed by atoms with Gasteiger partial charge in [-0.25, -0.2) is 16.8 Å². The number of carbonyl (C=O) groups is 1. The third-order valence-corrected chi connectivity index (χ3v) is 9.95. The smallest absolute Gasteiger partial charge is 0.253 e. The molecule has 2 heterocycles. The highest BCUT2D eigenvalue weighted by Crippen LogP contribution is 2.31. The molecule has 1 saturated carbocycles. The number of hydrogen-bond donors (Lipinski definition) is 0. The second kappa shape index (κ2) is 7.40. The molecule has 154 valence electrons. The van der Waals surface area contributed by atoms with E-state index in [0.29, 0.717) is 44.8 Å². The zero-order valence-electron chi connectivity index (χ0n) is 15.7. The molecule has 1 amide bonds. The van der Waals surface area contributed by atoms with E-state index in [1.54, 1.807) is 17.0 Å². The van der Waals surface area contributed by atoms with Gasteiger partial charge in [0.25, 0.3) is 5.91 Å². The van der Waals surface area contributed by atoms with Crippen molar-refractivity contribution in [3.8, 4) is 0 Å². The number of carbonyl (C=O) groups excluding carboxylic acids is 1. The monoisotopic (exact) mass is 427 g/mol. The zero-order valence-corrected chi connectivity index (χ0v) is 17.3. The van der Waals surface area contributed by atoms with Crippen LogP contribution in [0.2, 0.25) is 0 Å². The molecule has 0 radical (unpaired) electrons. The van der Waals surface area contributed by atoms with Crippen LogP contribution in [0.25, 0.3) is 0 Å². The van der Waals surface area contributed by atoms with Gasteiger partial charge < -0.3 is 4.90 Å². The molecule has 1 aromatic rings. The molecule has 4 rings (SSSR count). The molecule has 2 saturated heterocycles. The molecule has 3 fully saturated rings. The molecule has 2 aliphatic heterocycles. The summed E-state index contributed by atoms with van der Waals surface area (Å²) in [6, 6.07) is 6.04. The first kappa shape index (κ1) is 19.8. The lowest BCUT2D eigenvalue weighted by molar-refractivity contribution is 0.0697. The number of rotatable bonds is 5. The fourth-order valence-corrected chi connectivity index (χ4v) is 7.09. The lowest BCUT2D eigenvalue weighted by Crippen LogP contribution is -2.51. The molecule has 10 heteroatoms. The van der Waals surface area contributed by atoms with Gasteiger partial charge in [-0.15, -0.1) is 0 Å². The number of benzene rings is 1. The SMILES string of the molecule is O=C(c1ccc(S(=O)(=O)N2CCCC2)cc1)N1CCN(S(=O)(=O)C2CC2)CC1. The van der Waals surface area contributed by atoms with Gasteiger partial charge in [0.1, 0.15) is 0 Å². The summed E-state index contributed by atoms with van der Waals surface area (Å²) in [4.78, 5) is 14.5. The third kappa shape index (κ3) is 3.70. The Morgan fingerprint density at radius 1 is 0.786 bits per heavy atom. The van der Waals surface area contributed by atoms with Crippen molar-refractivity contribution in [1.82, 2.24) is 13.5 Å². The van der Waals surface area contributed by atoms with Crippen LogP contribution in [0, 0.1) is 0 Å². The second-order valence-electron chi connectivity index (χ2n) is 7.57. The third-order valence-electron chi connectivity index (χ3n) is 5.64. The van der Waals surface area contributed by atoms with E-state index in [1.165, 1.54) is 20.7 Å². The maximum Gasteiger partial charge on any atom is 0.253 e. The number of sulfonamides is 2. The Morgan fingerprint density at radius 2 is 1.36 bits per heavy atom. The van der Waals surface area contributed by atoms with Crippen molar-refractivity contribution in [3.05, 3.63) is 29.8 Å². The molecule has 8 nitrogen and oxygen atoms in total. The van der Waals surface area contributed by atoms with E-state index >= 15 is 0 Å². The Balaban J connectivity index is 1.40. The molecular weight excluding hydrogens is 402 g/mol. The lowest BCUT2D eigenvalue weighted by Gasteiger charge is -2.34. The maximum atomic E-state index is 12.7. The van der Waals surface area contributed by atoms with E-state index in [2.05, 4.69) is 0 Å². The number of piperazine rings is 1. The van der Waals surface area contributed by atoms with Gasteiger partial charge in [0.2, 0.25) is 20.0 Å². The molecular formula is C18H25N3O5S2. The molecule has 3 aliphatic rings. The van der Waals surface area contributed by atoms with Gasteiger partial charge in [0.05, 0.1) is 10.1 Å². The Bertz CT molecular complexity index is 941. The molecule has 1 aliphatic carbocycles. The van der Waals surface area contributed by atoms with Gasteiger partial charge in [-0.3, -0.25) is 4.79 Å². The van der Waals surface area contributed by atoms with Crippen LogP contribution in [0.15, 0.2) is 29.2 Å². The molecule has 1 aromatic carbocycles. The van der Waals surface area contributed by atoms with E-state index in [9.17, 15) is 21.6 Å². The summed E-state index contributed by atoms with van der Waals surface area (Å²) in [5, 5.41) is -0.236. The molecule has 0 N–H and O–H groups in total. The molecule has 0 bridgehead atoms. The van der Waals surface area contributed by atoms with Gasteiger partial charge in [0.15, 0.2) is 0 Å². The van der Waals surface area contributed by atoms with Crippen LogP contribution < -0.4 is 0 Å². The highest BCUT2D eigenvalue weighted by atomic mass is 32.2. The first-order valence-electron chi connectivity index (χ1n) is 9.68. The second-order valence-corrected chi connectivity index (χ2v) is 11.7. The summed E-state index contributed by atoms with van der Waals surface area (Å²) in [6.07, 6.45) is 3.21. The maximum absolute atomic E-state index is 12.7. The van der Waals surface area contributed by atoms with Crippen molar-refractivity contribution >= 4 is 26.0 Å². The van der Waals surface area contributed by atoms with Gasteiger partial charge in [-0.2, -0.15) is 8.61 Å². The summed E-state index contributed by atoms with van der Waals surface area (Å²) >= 11 is 0. The first-order chi connectivity index (χ1) is 13.3. The zero-order chi connectivity index (χ0) is 19.9. The molecule has 0 atom stereocenters. The predicted molar refractivity (Wildman–Crippen MR) is 104 cm³/mol. The normalized spacial score (nSPS) is 22.5. The van der Waals surface area contributed by atoms with Crippen molar-refractivity contribution in [2.24, 2.45) is 0 Å². The van der Waals surface area contributed by atoms with Crippen molar-refractivity contribution in [2.45, 2.75) is 35.8 Å². The summed E-state index contributed by atoms with van der Waals surface area (Å²) in [5.74, 6) is -0.200. The summed E-state index contributed by atoms with van der Waals surface area (Å²) in [6.45, 7) is 2.39. The number of hydrogen-bond acceptors (Lipinski definition) is 5. The van der Waals surface area contributed by atoms with E-state index in [-0.39, 0.29) is 16.1 Å². The average Bonchev–Trinajstić information content (AvgIpc) is 3.42. The largest absolute Gasteiger partial charge is 0.336 e. The number of nitrogens with zero attached hydrogens (tertiary/aromatic N) is 3. The van der Waals surface area contributed by atoms with Crippen molar-refractivity contribution in [3.63, 3.8) is 0 Å². The fourth-order valence-electron chi connectivity index (χ4n) is 3.75. The van der Waals surface area contributed by atoms with Crippen LogP contribution >= 0.6 is 0 Å². The summed E-state index contributed by atoms with van der Waals surface area (Å²) < 4.78 is 52.7. The van der Waals surface area contributed by atoms with Crippen LogP contribution in [-0.2, 0) is 20.0 Å². The van der Waals surface area contributed by atoms with Crippen molar-refractivity contribution in [1.29, 1.82) is 0 Å². The van der Waals surface area contributed by atoms with Gasteiger partial charge >= 0.3 is 0 Å². The standard InChI is InChI=1S/C18H25N3O5S2/c22-18(19-11-13-21(14-12-19)28(25,26)17-7-8-17)15-3-5-16(6-4-15)27(23,24)20-9-1-2-10-20/h3-6,17H,1-2,7-14H2. The van der Waals surface area contributed by atoms with Crippen LogP contribution in [-0.4, -0.2) is 80.8 Å². The summed E-state index contributed by atoms with van der Waals surface area (Å²) in [5.41, 5.74) is 0.416. The highest BCUT2D eigenvalue weighted by molar-refractivity contribution is 7.90. The Kier molecular flexibility index (Phi) is 5.24. The van der Waals surface area contributed by atoms with Crippen LogP contribution in [0.3, 0.4) is 0 Å². The Hall–Kier alpha value is -1.49. The minimum Gasteiger partial charge on any atom is -0.336 e. The molecule has 0 unspecified atom stereocenters. The first-order valence-corrected chi connectivity index (χ1v) is 12.6. The molecule has 0 aromatic heterocycles. The minimum atomic E-state index is -3.50. The Labute approximate surface area is 166 Å². The average molecular weight is 428 g/mol. The van der Waals surface area contributed by atoms with E-state index in [1.807, 2.05) is 0 Å². The van der Waals surface area contributed by atoms with Crippen LogP contribution in [0.4, 0.5) is 0 Å². The van der Waals surface area contributed by atoms with Gasteiger partial charge in [0, 0.05) is 44.8 Å². The van der Waals surface area contributed by atoms with E-state index in [4.69, 9.17) is 0 Å². The van der Waals surface area contributed by atoms with Gasteiger partial charge in [-0.1, -0.05) is 0 Å². The quantitative estimate of drug-likeness (QED) is 0.690. The fraction of sp³-hybridized carbons (Fsp3) is 0.611. The van der Waals surface area contributed by atoms with E-state index < -0.39 is 20.0 Å². The van der Waals surface area contributed by atoms with Crippen LogP contribution in [0.5, 0.6) is 0 Å². The molecule has 0 spiro atoms. The Morgan fingerprint density at radius 3 is 1.89 bits per heavy atom. The van der Waals surface area contributed by atoms with Crippen LogP contribution in [0.1, 0.15) is 36.0 Å². The number of amides is 1. The van der Waals surface area contributed by atoms with Crippen molar-refractivity contribution < 1.29 is 21.6 Å². The van der Waals surface area contributed by atoms with Crippen molar-refractivity contribution in [2.75, 3.05) is 39.3 Å². The predicted octanol–water partition coefficient (Wildman–Crippen LogP) is 0.721. The minimum absolute atomic E-state index is 0.200. The lowest BCUT2D eigenvalue weighted by atomic mass is 10.2.